The highest BCUT2D eigenvalue weighted by molar-refractivity contribution is 7.91. The van der Waals surface area contributed by atoms with Gasteiger partial charge in [-0.05, 0) is 12.1 Å². The quantitative estimate of drug-likeness (QED) is 0.743. The van der Waals surface area contributed by atoms with E-state index in [0.717, 1.165) is 5.69 Å². The second-order valence-electron chi connectivity index (χ2n) is 4.71. The maximum Gasteiger partial charge on any atom is 0.227 e. The van der Waals surface area contributed by atoms with Crippen LogP contribution >= 0.6 is 0 Å². The number of nitrogens with zero attached hydrogens (tertiary/aromatic N) is 1. The number of benzene rings is 1. The molecule has 90 valence electrons. The topological polar surface area (TPSA) is 54.5 Å². The van der Waals surface area contributed by atoms with E-state index in [9.17, 15) is 13.2 Å². The Hall–Kier alpha value is -1.36. The molecular weight excluding hydrogens is 238 g/mol. The monoisotopic (exact) mass is 251 g/mol. The normalized spacial score (nSPS) is 30.6. The molecule has 0 aliphatic carbocycles. The summed E-state index contributed by atoms with van der Waals surface area (Å²) < 4.78 is 23.2. The van der Waals surface area contributed by atoms with Crippen LogP contribution in [0.25, 0.3) is 0 Å². The van der Waals surface area contributed by atoms with Crippen LogP contribution in [-0.4, -0.2) is 31.9 Å². The van der Waals surface area contributed by atoms with Gasteiger partial charge in [-0.25, -0.2) is 8.42 Å². The average molecular weight is 251 g/mol. The Labute approximate surface area is 100 Å². The lowest BCUT2D eigenvalue weighted by atomic mass is 10.1. The molecule has 0 unspecified atom stereocenters. The second-order valence-corrected chi connectivity index (χ2v) is 6.86. The van der Waals surface area contributed by atoms with Crippen molar-refractivity contribution in [3.63, 3.8) is 0 Å². The molecule has 3 rings (SSSR count). The molecule has 5 heteroatoms. The van der Waals surface area contributed by atoms with E-state index in [4.69, 9.17) is 0 Å². The summed E-state index contributed by atoms with van der Waals surface area (Å²) in [7, 11) is -2.96. The minimum atomic E-state index is -2.96. The van der Waals surface area contributed by atoms with Crippen molar-refractivity contribution in [3.8, 4) is 0 Å². The van der Waals surface area contributed by atoms with Gasteiger partial charge in [0.15, 0.2) is 9.84 Å². The predicted octanol–water partition coefficient (Wildman–Crippen LogP) is 0.836. The summed E-state index contributed by atoms with van der Waals surface area (Å²) in [6.45, 7) is 0. The number of anilines is 1. The lowest BCUT2D eigenvalue weighted by Crippen LogP contribution is -2.36. The van der Waals surface area contributed by atoms with Gasteiger partial charge in [-0.15, -0.1) is 0 Å². The largest absolute Gasteiger partial charge is 0.308 e. The molecule has 2 aliphatic heterocycles. The van der Waals surface area contributed by atoms with Crippen molar-refractivity contribution < 1.29 is 13.2 Å². The molecule has 0 spiro atoms. The van der Waals surface area contributed by atoms with Gasteiger partial charge in [0, 0.05) is 18.0 Å². The number of carbonyl (C=O) groups is 1. The zero-order valence-corrected chi connectivity index (χ0v) is 10.1. The zero-order chi connectivity index (χ0) is 12.0. The molecule has 0 bridgehead atoms. The van der Waals surface area contributed by atoms with Crippen molar-refractivity contribution in [2.24, 2.45) is 5.92 Å². The number of sulfone groups is 1. The van der Waals surface area contributed by atoms with E-state index in [-0.39, 0.29) is 29.4 Å². The fourth-order valence-corrected chi connectivity index (χ4v) is 4.88. The van der Waals surface area contributed by atoms with Gasteiger partial charge < -0.3 is 4.90 Å². The summed E-state index contributed by atoms with van der Waals surface area (Å²) in [5.41, 5.74) is 0.808. The SMILES string of the molecule is O=C1C[C@@H]2CS(=O)(=O)C[C@@H]2N1c1ccccc1. The Kier molecular flexibility index (Phi) is 2.26. The van der Waals surface area contributed by atoms with E-state index in [0.29, 0.717) is 6.42 Å². The van der Waals surface area contributed by atoms with Crippen molar-refractivity contribution >= 4 is 21.4 Å². The average Bonchev–Trinajstić information content (AvgIpc) is 2.69. The smallest absolute Gasteiger partial charge is 0.227 e. The minimum absolute atomic E-state index is 0.0206. The predicted molar refractivity (Wildman–Crippen MR) is 64.5 cm³/mol. The van der Waals surface area contributed by atoms with Gasteiger partial charge in [0.05, 0.1) is 17.5 Å². The Morgan fingerprint density at radius 1 is 1.12 bits per heavy atom. The second kappa shape index (κ2) is 3.57. The standard InChI is InChI=1S/C12H13NO3S/c14-12-6-9-7-17(15,16)8-11(9)13(12)10-4-2-1-3-5-10/h1-5,9,11H,6-8H2/t9-,11+/m1/s1. The van der Waals surface area contributed by atoms with E-state index in [1.807, 2.05) is 30.3 Å². The summed E-state index contributed by atoms with van der Waals surface area (Å²) >= 11 is 0. The summed E-state index contributed by atoms with van der Waals surface area (Å²) in [6, 6.07) is 9.15. The van der Waals surface area contributed by atoms with Gasteiger partial charge in [-0.1, -0.05) is 18.2 Å². The highest BCUT2D eigenvalue weighted by Gasteiger charge is 2.49. The summed E-state index contributed by atoms with van der Waals surface area (Å²) in [5.74, 6) is 0.291. The number of fused-ring (bicyclic) bond motifs is 1. The lowest BCUT2D eigenvalue weighted by Gasteiger charge is -2.23. The van der Waals surface area contributed by atoms with Gasteiger partial charge in [0.2, 0.25) is 5.91 Å². The Balaban J connectivity index is 1.98. The van der Waals surface area contributed by atoms with E-state index in [1.165, 1.54) is 0 Å². The molecule has 1 aromatic carbocycles. The van der Waals surface area contributed by atoms with Crippen LogP contribution in [0.1, 0.15) is 6.42 Å². The van der Waals surface area contributed by atoms with Crippen LogP contribution < -0.4 is 4.90 Å². The van der Waals surface area contributed by atoms with Gasteiger partial charge in [-0.3, -0.25) is 4.79 Å². The first-order chi connectivity index (χ1) is 8.07. The first-order valence-corrected chi connectivity index (χ1v) is 7.46. The van der Waals surface area contributed by atoms with Crippen molar-refractivity contribution in [1.29, 1.82) is 0 Å². The first-order valence-electron chi connectivity index (χ1n) is 5.64. The molecule has 1 aromatic rings. The molecule has 1 amide bonds. The van der Waals surface area contributed by atoms with Crippen LogP contribution in [0.4, 0.5) is 5.69 Å². The molecule has 0 N–H and O–H groups in total. The molecule has 0 saturated carbocycles. The van der Waals surface area contributed by atoms with Gasteiger partial charge in [-0.2, -0.15) is 0 Å². The Bertz CT molecular complexity index is 552. The molecule has 0 aromatic heterocycles. The number of para-hydroxylation sites is 1. The van der Waals surface area contributed by atoms with Gasteiger partial charge >= 0.3 is 0 Å². The highest BCUT2D eigenvalue weighted by atomic mass is 32.2. The maximum atomic E-state index is 11.9. The molecule has 17 heavy (non-hydrogen) atoms. The maximum absolute atomic E-state index is 11.9. The van der Waals surface area contributed by atoms with Crippen LogP contribution in [0, 0.1) is 5.92 Å². The molecular formula is C12H13NO3S. The van der Waals surface area contributed by atoms with Crippen LogP contribution in [-0.2, 0) is 14.6 Å². The van der Waals surface area contributed by atoms with E-state index in [1.54, 1.807) is 4.90 Å². The molecule has 2 saturated heterocycles. The molecule has 2 fully saturated rings. The number of hydrogen-bond donors (Lipinski definition) is 0. The van der Waals surface area contributed by atoms with Crippen molar-refractivity contribution in [3.05, 3.63) is 30.3 Å². The van der Waals surface area contributed by atoms with E-state index in [2.05, 4.69) is 0 Å². The molecule has 4 nitrogen and oxygen atoms in total. The zero-order valence-electron chi connectivity index (χ0n) is 9.24. The van der Waals surface area contributed by atoms with Crippen molar-refractivity contribution in [2.45, 2.75) is 12.5 Å². The van der Waals surface area contributed by atoms with E-state index < -0.39 is 9.84 Å². The number of hydrogen-bond acceptors (Lipinski definition) is 3. The summed E-state index contributed by atoms with van der Waals surface area (Å²) in [6.07, 6.45) is 0.360. The number of amides is 1. The summed E-state index contributed by atoms with van der Waals surface area (Å²) in [4.78, 5) is 13.6. The Morgan fingerprint density at radius 3 is 2.53 bits per heavy atom. The lowest BCUT2D eigenvalue weighted by molar-refractivity contribution is -0.117. The van der Waals surface area contributed by atoms with Crippen molar-refractivity contribution in [1.82, 2.24) is 0 Å². The molecule has 2 atom stereocenters. The third-order valence-electron chi connectivity index (χ3n) is 3.51. The number of carbonyl (C=O) groups excluding carboxylic acids is 1. The minimum Gasteiger partial charge on any atom is -0.308 e. The molecule has 2 aliphatic rings. The highest BCUT2D eigenvalue weighted by Crippen LogP contribution is 2.36. The fourth-order valence-electron chi connectivity index (χ4n) is 2.81. The number of rotatable bonds is 1. The third-order valence-corrected chi connectivity index (χ3v) is 5.29. The third kappa shape index (κ3) is 1.74. The van der Waals surface area contributed by atoms with Crippen LogP contribution in [0.3, 0.4) is 0 Å². The fraction of sp³-hybridized carbons (Fsp3) is 0.417. The van der Waals surface area contributed by atoms with Crippen LogP contribution in [0.15, 0.2) is 30.3 Å². The Morgan fingerprint density at radius 2 is 1.82 bits per heavy atom. The molecule has 0 radical (unpaired) electrons. The van der Waals surface area contributed by atoms with Gasteiger partial charge in [0.25, 0.3) is 0 Å². The first kappa shape index (κ1) is 10.8. The van der Waals surface area contributed by atoms with Crippen LogP contribution in [0.2, 0.25) is 0 Å². The van der Waals surface area contributed by atoms with E-state index >= 15 is 0 Å². The summed E-state index contributed by atoms with van der Waals surface area (Å²) in [5, 5.41) is 0. The van der Waals surface area contributed by atoms with Gasteiger partial charge in [0.1, 0.15) is 0 Å². The van der Waals surface area contributed by atoms with Crippen molar-refractivity contribution in [2.75, 3.05) is 16.4 Å². The van der Waals surface area contributed by atoms with Crippen LogP contribution in [0.5, 0.6) is 0 Å². The molecule has 2 heterocycles.